The maximum absolute atomic E-state index is 5.45. The number of unbranched alkanes of at least 4 members (excludes halogenated alkanes) is 3. The van der Waals surface area contributed by atoms with Crippen molar-refractivity contribution >= 4 is 5.69 Å². The Hall–Kier alpha value is -1.22. The second kappa shape index (κ2) is 8.88. The largest absolute Gasteiger partial charge is 0.494 e. The molecule has 96 valence electrons. The summed E-state index contributed by atoms with van der Waals surface area (Å²) in [5, 5.41) is 3.40. The summed E-state index contributed by atoms with van der Waals surface area (Å²) in [6.45, 7) is 4.55. The van der Waals surface area contributed by atoms with E-state index in [1.165, 1.54) is 19.3 Å². The van der Waals surface area contributed by atoms with E-state index in [2.05, 4.69) is 17.4 Å². The second-order valence-electron chi connectivity index (χ2n) is 4.09. The first-order chi connectivity index (χ1) is 8.36. The van der Waals surface area contributed by atoms with E-state index in [0.29, 0.717) is 6.61 Å². The summed E-state index contributed by atoms with van der Waals surface area (Å²) in [7, 11) is 0. The van der Waals surface area contributed by atoms with Crippen molar-refractivity contribution in [3.8, 4) is 5.75 Å². The minimum absolute atomic E-state index is 0.716. The zero-order chi connectivity index (χ0) is 12.3. The van der Waals surface area contributed by atoms with Crippen LogP contribution in [-0.4, -0.2) is 19.7 Å². The van der Waals surface area contributed by atoms with Crippen molar-refractivity contribution in [2.45, 2.75) is 32.6 Å². The fourth-order valence-corrected chi connectivity index (χ4v) is 1.69. The highest BCUT2D eigenvalue weighted by molar-refractivity contribution is 5.46. The molecule has 1 aromatic carbocycles. The third-order valence-corrected chi connectivity index (χ3v) is 2.63. The van der Waals surface area contributed by atoms with Gasteiger partial charge in [-0.15, -0.1) is 0 Å². The third kappa shape index (κ3) is 6.17. The Bertz CT molecular complexity index is 285. The summed E-state index contributed by atoms with van der Waals surface area (Å²) in [5.41, 5.74) is 6.61. The highest BCUT2D eigenvalue weighted by Gasteiger charge is 1.94. The smallest absolute Gasteiger partial charge is 0.119 e. The van der Waals surface area contributed by atoms with E-state index < -0.39 is 0 Å². The molecule has 0 unspecified atom stereocenters. The van der Waals surface area contributed by atoms with Crippen LogP contribution in [0.3, 0.4) is 0 Å². The van der Waals surface area contributed by atoms with E-state index in [0.717, 1.165) is 30.9 Å². The lowest BCUT2D eigenvalue weighted by Crippen LogP contribution is -2.02. The number of ether oxygens (including phenoxy) is 1. The lowest BCUT2D eigenvalue weighted by atomic mass is 10.2. The van der Waals surface area contributed by atoms with Gasteiger partial charge in [0.15, 0.2) is 0 Å². The van der Waals surface area contributed by atoms with Crippen LogP contribution in [0.1, 0.15) is 32.6 Å². The van der Waals surface area contributed by atoms with Crippen LogP contribution in [0.2, 0.25) is 0 Å². The lowest BCUT2D eigenvalue weighted by molar-refractivity contribution is 0.340. The molecule has 3 nitrogen and oxygen atoms in total. The van der Waals surface area contributed by atoms with Crippen molar-refractivity contribution < 1.29 is 4.74 Å². The van der Waals surface area contributed by atoms with Crippen LogP contribution >= 0.6 is 0 Å². The summed E-state index contributed by atoms with van der Waals surface area (Å²) in [4.78, 5) is 0. The molecule has 3 heteroatoms. The van der Waals surface area contributed by atoms with Crippen LogP contribution in [0.5, 0.6) is 5.75 Å². The van der Waals surface area contributed by atoms with Gasteiger partial charge >= 0.3 is 0 Å². The van der Waals surface area contributed by atoms with E-state index >= 15 is 0 Å². The molecule has 0 fully saturated rings. The van der Waals surface area contributed by atoms with Gasteiger partial charge in [-0.1, -0.05) is 12.8 Å². The molecule has 0 radical (unpaired) electrons. The van der Waals surface area contributed by atoms with Gasteiger partial charge in [0.1, 0.15) is 5.75 Å². The first-order valence-electron chi connectivity index (χ1n) is 6.53. The van der Waals surface area contributed by atoms with Crippen LogP contribution in [0.4, 0.5) is 5.69 Å². The summed E-state index contributed by atoms with van der Waals surface area (Å²) in [5.74, 6) is 0.931. The summed E-state index contributed by atoms with van der Waals surface area (Å²) < 4.78 is 5.39. The number of nitrogens with one attached hydrogen (secondary N) is 1. The molecule has 0 aliphatic carbocycles. The average molecular weight is 236 g/mol. The normalized spacial score (nSPS) is 10.2. The van der Waals surface area contributed by atoms with E-state index in [4.69, 9.17) is 10.5 Å². The molecule has 3 N–H and O–H groups in total. The highest BCUT2D eigenvalue weighted by atomic mass is 16.5. The molecule has 0 saturated carbocycles. The van der Waals surface area contributed by atoms with E-state index in [9.17, 15) is 0 Å². The molecular formula is C14H24N2O. The monoisotopic (exact) mass is 236 g/mol. The minimum Gasteiger partial charge on any atom is -0.494 e. The first-order valence-corrected chi connectivity index (χ1v) is 6.53. The van der Waals surface area contributed by atoms with Crippen molar-refractivity contribution in [3.05, 3.63) is 24.3 Å². The number of benzene rings is 1. The average Bonchev–Trinajstić information content (AvgIpc) is 2.36. The first kappa shape index (κ1) is 13.8. The standard InChI is InChI=1S/C14H24N2O/c1-2-17-14-9-7-13(8-10-14)16-12-6-4-3-5-11-15/h7-10,16H,2-6,11-12,15H2,1H3. The number of nitrogens with two attached hydrogens (primary N) is 1. The van der Waals surface area contributed by atoms with E-state index in [1.807, 2.05) is 19.1 Å². The van der Waals surface area contributed by atoms with Crippen molar-refractivity contribution in [3.63, 3.8) is 0 Å². The summed E-state index contributed by atoms with van der Waals surface area (Å²) in [6.07, 6.45) is 4.83. The molecule has 1 rings (SSSR count). The maximum Gasteiger partial charge on any atom is 0.119 e. The molecule has 0 bridgehead atoms. The van der Waals surface area contributed by atoms with Crippen molar-refractivity contribution in [2.24, 2.45) is 5.73 Å². The third-order valence-electron chi connectivity index (χ3n) is 2.63. The number of hydrogen-bond donors (Lipinski definition) is 2. The van der Waals surface area contributed by atoms with Crippen LogP contribution in [0.15, 0.2) is 24.3 Å². The van der Waals surface area contributed by atoms with Crippen molar-refractivity contribution in [1.29, 1.82) is 0 Å². The predicted octanol–water partition coefficient (Wildman–Crippen LogP) is 3.02. The molecule has 0 spiro atoms. The Balaban J connectivity index is 2.14. The van der Waals surface area contributed by atoms with E-state index in [-0.39, 0.29) is 0 Å². The predicted molar refractivity (Wildman–Crippen MR) is 73.6 cm³/mol. The molecule has 0 saturated heterocycles. The molecule has 0 atom stereocenters. The summed E-state index contributed by atoms with van der Waals surface area (Å²) >= 11 is 0. The van der Waals surface area contributed by atoms with Gasteiger partial charge in [0, 0.05) is 12.2 Å². The number of hydrogen-bond acceptors (Lipinski definition) is 3. The van der Waals surface area contributed by atoms with Gasteiger partial charge in [0.05, 0.1) is 6.61 Å². The Labute approximate surface area is 104 Å². The van der Waals surface area contributed by atoms with Gasteiger partial charge in [-0.2, -0.15) is 0 Å². The molecule has 0 aliphatic rings. The summed E-state index contributed by atoms with van der Waals surface area (Å²) in [6, 6.07) is 8.12. The molecule has 17 heavy (non-hydrogen) atoms. The minimum atomic E-state index is 0.716. The lowest BCUT2D eigenvalue weighted by Gasteiger charge is -2.07. The SMILES string of the molecule is CCOc1ccc(NCCCCCCN)cc1. The van der Waals surface area contributed by atoms with Crippen LogP contribution in [0.25, 0.3) is 0 Å². The van der Waals surface area contributed by atoms with Crippen LogP contribution in [-0.2, 0) is 0 Å². The van der Waals surface area contributed by atoms with Gasteiger partial charge in [0.25, 0.3) is 0 Å². The quantitative estimate of drug-likeness (QED) is 0.648. The number of rotatable bonds is 9. The zero-order valence-electron chi connectivity index (χ0n) is 10.7. The fourth-order valence-electron chi connectivity index (χ4n) is 1.69. The Kier molecular flexibility index (Phi) is 7.23. The van der Waals surface area contributed by atoms with E-state index in [1.54, 1.807) is 0 Å². The molecule has 0 amide bonds. The van der Waals surface area contributed by atoms with Crippen LogP contribution in [0, 0.1) is 0 Å². The topological polar surface area (TPSA) is 47.3 Å². The van der Waals surface area contributed by atoms with Gasteiger partial charge < -0.3 is 15.8 Å². The van der Waals surface area contributed by atoms with Gasteiger partial charge in [-0.3, -0.25) is 0 Å². The highest BCUT2D eigenvalue weighted by Crippen LogP contribution is 2.15. The maximum atomic E-state index is 5.45. The Morgan fingerprint density at radius 1 is 1.06 bits per heavy atom. The van der Waals surface area contributed by atoms with Gasteiger partial charge in [-0.25, -0.2) is 0 Å². The van der Waals surface area contributed by atoms with Crippen LogP contribution < -0.4 is 15.8 Å². The Morgan fingerprint density at radius 3 is 2.41 bits per heavy atom. The molecule has 0 aliphatic heterocycles. The number of anilines is 1. The molecule has 1 aromatic rings. The molecular weight excluding hydrogens is 212 g/mol. The second-order valence-corrected chi connectivity index (χ2v) is 4.09. The fraction of sp³-hybridized carbons (Fsp3) is 0.571. The van der Waals surface area contributed by atoms with Gasteiger partial charge in [0.2, 0.25) is 0 Å². The van der Waals surface area contributed by atoms with Crippen molar-refractivity contribution in [1.82, 2.24) is 0 Å². The van der Waals surface area contributed by atoms with Crippen molar-refractivity contribution in [2.75, 3.05) is 25.0 Å². The zero-order valence-corrected chi connectivity index (χ0v) is 10.7. The Morgan fingerprint density at radius 2 is 1.76 bits per heavy atom. The molecule has 0 heterocycles. The molecule has 0 aromatic heterocycles. The van der Waals surface area contributed by atoms with Gasteiger partial charge in [-0.05, 0) is 50.6 Å².